The molecule has 4 nitrogen and oxygen atoms in total. The van der Waals surface area contributed by atoms with Gasteiger partial charge in [-0.2, -0.15) is 0 Å². The zero-order valence-corrected chi connectivity index (χ0v) is 12.8. The van der Waals surface area contributed by atoms with Crippen molar-refractivity contribution in [3.05, 3.63) is 82.9 Å². The molecule has 4 N–H and O–H groups in total. The highest BCUT2D eigenvalue weighted by atomic mass is 19.1. The fourth-order valence-electron chi connectivity index (χ4n) is 2.77. The summed E-state index contributed by atoms with van der Waals surface area (Å²) in [6.45, 7) is 0. The third kappa shape index (κ3) is 3.06. The van der Waals surface area contributed by atoms with Gasteiger partial charge in [0.15, 0.2) is 23.1 Å². The number of halogens is 2. The van der Waals surface area contributed by atoms with Crippen molar-refractivity contribution < 1.29 is 29.2 Å². The van der Waals surface area contributed by atoms with Gasteiger partial charge in [-0.05, 0) is 17.7 Å². The monoisotopic (exact) mass is 344 g/mol. The molecule has 0 atom stereocenters. The van der Waals surface area contributed by atoms with Gasteiger partial charge in [0, 0.05) is 29.2 Å². The number of phenols is 4. The zero-order chi connectivity index (χ0) is 18.1. The van der Waals surface area contributed by atoms with E-state index in [1.807, 2.05) is 0 Å². The maximum atomic E-state index is 13.9. The van der Waals surface area contributed by atoms with Crippen molar-refractivity contribution >= 4 is 0 Å². The normalized spacial score (nSPS) is 11.0. The second-order valence-corrected chi connectivity index (χ2v) is 5.57. The molecule has 0 aliphatic carbocycles. The van der Waals surface area contributed by atoms with Crippen LogP contribution in [0.1, 0.15) is 22.6 Å². The molecule has 3 aromatic carbocycles. The van der Waals surface area contributed by atoms with Crippen LogP contribution in [0.4, 0.5) is 8.78 Å². The molecule has 0 spiro atoms. The Hall–Kier alpha value is -3.28. The van der Waals surface area contributed by atoms with Crippen LogP contribution >= 0.6 is 0 Å². The van der Waals surface area contributed by atoms with Crippen LogP contribution in [0.25, 0.3) is 0 Å². The average Bonchev–Trinajstić information content (AvgIpc) is 2.58. The lowest BCUT2D eigenvalue weighted by Gasteiger charge is -2.21. The molecule has 0 saturated heterocycles. The third-order valence-corrected chi connectivity index (χ3v) is 3.95. The zero-order valence-electron chi connectivity index (χ0n) is 12.8. The standard InChI is InChI=1S/C19H14F2O4/c20-13-6-11(15(22)8-17(13)24)19(10-4-2-1-3-5-10)12-7-14(21)18(25)9-16(12)23/h1-9,19,22-25H. The van der Waals surface area contributed by atoms with Gasteiger partial charge < -0.3 is 20.4 Å². The Balaban J connectivity index is 2.29. The van der Waals surface area contributed by atoms with Crippen molar-refractivity contribution in [1.82, 2.24) is 0 Å². The second-order valence-electron chi connectivity index (χ2n) is 5.57. The number of hydrogen-bond acceptors (Lipinski definition) is 4. The van der Waals surface area contributed by atoms with Crippen LogP contribution in [0.15, 0.2) is 54.6 Å². The van der Waals surface area contributed by atoms with Gasteiger partial charge in [0.25, 0.3) is 0 Å². The number of benzene rings is 3. The number of aromatic hydroxyl groups is 4. The van der Waals surface area contributed by atoms with Crippen LogP contribution in [-0.2, 0) is 0 Å². The van der Waals surface area contributed by atoms with Crippen LogP contribution in [0.5, 0.6) is 23.0 Å². The predicted octanol–water partition coefficient (Wildman–Crippen LogP) is 3.97. The van der Waals surface area contributed by atoms with E-state index in [2.05, 4.69) is 0 Å². The van der Waals surface area contributed by atoms with Gasteiger partial charge >= 0.3 is 0 Å². The maximum absolute atomic E-state index is 13.9. The van der Waals surface area contributed by atoms with E-state index in [1.165, 1.54) is 0 Å². The SMILES string of the molecule is Oc1cc(O)c(C(c2ccccc2)c2cc(F)c(O)cc2O)cc1F. The molecule has 128 valence electrons. The number of hydrogen-bond donors (Lipinski definition) is 4. The van der Waals surface area contributed by atoms with Gasteiger partial charge in [-0.25, -0.2) is 8.78 Å². The van der Waals surface area contributed by atoms with E-state index in [0.29, 0.717) is 5.56 Å². The van der Waals surface area contributed by atoms with E-state index in [0.717, 1.165) is 24.3 Å². The molecule has 0 amide bonds. The van der Waals surface area contributed by atoms with Crippen LogP contribution in [-0.4, -0.2) is 20.4 Å². The Labute approximate surface area is 141 Å². The fourth-order valence-corrected chi connectivity index (χ4v) is 2.77. The van der Waals surface area contributed by atoms with Gasteiger partial charge in [0.2, 0.25) is 0 Å². The Morgan fingerprint density at radius 1 is 0.600 bits per heavy atom. The molecule has 0 radical (unpaired) electrons. The molecule has 0 unspecified atom stereocenters. The fraction of sp³-hybridized carbons (Fsp3) is 0.0526. The first kappa shape index (κ1) is 16.6. The van der Waals surface area contributed by atoms with Crippen molar-refractivity contribution in [3.63, 3.8) is 0 Å². The molecular formula is C19H14F2O4. The van der Waals surface area contributed by atoms with Crippen molar-refractivity contribution in [2.24, 2.45) is 0 Å². The first-order valence-corrected chi connectivity index (χ1v) is 7.36. The molecule has 0 fully saturated rings. The molecule has 0 saturated carbocycles. The smallest absolute Gasteiger partial charge is 0.165 e. The Morgan fingerprint density at radius 3 is 1.48 bits per heavy atom. The van der Waals surface area contributed by atoms with E-state index in [9.17, 15) is 29.2 Å². The molecule has 25 heavy (non-hydrogen) atoms. The highest BCUT2D eigenvalue weighted by Crippen LogP contribution is 2.43. The van der Waals surface area contributed by atoms with Crippen LogP contribution < -0.4 is 0 Å². The highest BCUT2D eigenvalue weighted by molar-refractivity contribution is 5.55. The molecule has 3 aromatic rings. The second kappa shape index (κ2) is 6.32. The molecule has 0 aliphatic heterocycles. The summed E-state index contributed by atoms with van der Waals surface area (Å²) in [7, 11) is 0. The third-order valence-electron chi connectivity index (χ3n) is 3.95. The van der Waals surface area contributed by atoms with Crippen molar-refractivity contribution in [2.45, 2.75) is 5.92 Å². The van der Waals surface area contributed by atoms with Gasteiger partial charge in [0.05, 0.1) is 0 Å². The minimum absolute atomic E-state index is 0.0295. The van der Waals surface area contributed by atoms with Crippen molar-refractivity contribution in [2.75, 3.05) is 0 Å². The lowest BCUT2D eigenvalue weighted by Crippen LogP contribution is -2.05. The summed E-state index contributed by atoms with van der Waals surface area (Å²) in [5, 5.41) is 39.2. The molecular weight excluding hydrogens is 330 g/mol. The largest absolute Gasteiger partial charge is 0.507 e. The van der Waals surface area contributed by atoms with Gasteiger partial charge in [-0.3, -0.25) is 0 Å². The van der Waals surface area contributed by atoms with Crippen molar-refractivity contribution in [1.29, 1.82) is 0 Å². The summed E-state index contributed by atoms with van der Waals surface area (Å²) in [5.41, 5.74) is 0.604. The molecule has 0 aromatic heterocycles. The van der Waals surface area contributed by atoms with Crippen LogP contribution in [0, 0.1) is 11.6 Å². The average molecular weight is 344 g/mol. The van der Waals surface area contributed by atoms with E-state index < -0.39 is 40.6 Å². The van der Waals surface area contributed by atoms with Gasteiger partial charge in [0.1, 0.15) is 11.5 Å². The number of rotatable bonds is 3. The molecule has 3 rings (SSSR count). The van der Waals surface area contributed by atoms with E-state index in [1.54, 1.807) is 30.3 Å². The number of phenolic OH excluding ortho intramolecular Hbond substituents is 4. The lowest BCUT2D eigenvalue weighted by atomic mass is 9.84. The summed E-state index contributed by atoms with van der Waals surface area (Å²) in [4.78, 5) is 0. The predicted molar refractivity (Wildman–Crippen MR) is 86.8 cm³/mol. The maximum Gasteiger partial charge on any atom is 0.165 e. The van der Waals surface area contributed by atoms with Gasteiger partial charge in [-0.15, -0.1) is 0 Å². The molecule has 0 aliphatic rings. The quantitative estimate of drug-likeness (QED) is 0.542. The molecule has 0 heterocycles. The Bertz CT molecular complexity index is 869. The van der Waals surface area contributed by atoms with E-state index >= 15 is 0 Å². The Kier molecular flexibility index (Phi) is 4.19. The van der Waals surface area contributed by atoms with Gasteiger partial charge in [-0.1, -0.05) is 30.3 Å². The molecule has 0 bridgehead atoms. The summed E-state index contributed by atoms with van der Waals surface area (Å²) >= 11 is 0. The summed E-state index contributed by atoms with van der Waals surface area (Å²) in [6.07, 6.45) is 0. The Morgan fingerprint density at radius 2 is 1.04 bits per heavy atom. The minimum atomic E-state index is -0.965. The summed E-state index contributed by atoms with van der Waals surface area (Å²) < 4.78 is 27.7. The first-order valence-electron chi connectivity index (χ1n) is 7.36. The van der Waals surface area contributed by atoms with Crippen molar-refractivity contribution in [3.8, 4) is 23.0 Å². The first-order chi connectivity index (χ1) is 11.9. The van der Waals surface area contributed by atoms with Crippen LogP contribution in [0.2, 0.25) is 0 Å². The van der Waals surface area contributed by atoms with E-state index in [-0.39, 0.29) is 11.1 Å². The minimum Gasteiger partial charge on any atom is -0.507 e. The van der Waals surface area contributed by atoms with E-state index in [4.69, 9.17) is 0 Å². The summed E-state index contributed by atoms with van der Waals surface area (Å²) in [6, 6.07) is 12.0. The summed E-state index contributed by atoms with van der Waals surface area (Å²) in [5.74, 6) is -5.14. The topological polar surface area (TPSA) is 80.9 Å². The van der Waals surface area contributed by atoms with Crippen LogP contribution in [0.3, 0.4) is 0 Å². The molecule has 6 heteroatoms. The highest BCUT2D eigenvalue weighted by Gasteiger charge is 2.25. The lowest BCUT2D eigenvalue weighted by molar-refractivity contribution is 0.411.